The molecule has 0 aliphatic carbocycles. The largest absolute Gasteiger partial charge is 0.443 e. The van der Waals surface area contributed by atoms with Gasteiger partial charge in [0.15, 0.2) is 0 Å². The van der Waals surface area contributed by atoms with Crippen LogP contribution in [0.4, 0.5) is 0 Å². The molecule has 2 heterocycles. The van der Waals surface area contributed by atoms with Crippen LogP contribution in [-0.2, 0) is 20.0 Å². The minimum atomic E-state index is -1.03. The number of ether oxygens (including phenoxy) is 2. The Morgan fingerprint density at radius 3 is 2.77 bits per heavy atom. The number of hydrogen-bond donors (Lipinski definition) is 1. The van der Waals surface area contributed by atoms with Crippen molar-refractivity contribution in [1.82, 2.24) is 5.01 Å². The maximum Gasteiger partial charge on any atom is 0.275 e. The van der Waals surface area contributed by atoms with Crippen molar-refractivity contribution in [2.45, 2.75) is 31.6 Å². The molecule has 2 N–H and O–H groups in total. The standard InChI is InChI=1S/C19H23N3O3S/c1-14(24-2)18(23)22-19(10-6-11-20,16-7-4-3-5-8-16)25-17(21-22)15-9-12-26-13-15/h3-5,7-9,12-14H,6,10-11,20H2,1-2H3/t14-,19?/m0/s1. The maximum atomic E-state index is 13.0. The predicted molar refractivity (Wildman–Crippen MR) is 102 cm³/mol. The fourth-order valence-electron chi connectivity index (χ4n) is 2.92. The van der Waals surface area contributed by atoms with Gasteiger partial charge in [-0.3, -0.25) is 4.79 Å². The zero-order valence-corrected chi connectivity index (χ0v) is 15.7. The van der Waals surface area contributed by atoms with Gasteiger partial charge in [-0.05, 0) is 31.3 Å². The van der Waals surface area contributed by atoms with E-state index in [1.165, 1.54) is 12.1 Å². The van der Waals surface area contributed by atoms with Crippen LogP contribution in [-0.4, -0.2) is 36.6 Å². The third-order valence-corrected chi connectivity index (χ3v) is 5.10. The van der Waals surface area contributed by atoms with Crippen LogP contribution in [0.1, 0.15) is 30.9 Å². The first-order chi connectivity index (χ1) is 12.6. The normalized spacial score (nSPS) is 20.6. The number of nitrogens with zero attached hydrogens (tertiary/aromatic N) is 2. The Hall–Kier alpha value is -2.22. The molecule has 1 aliphatic heterocycles. The number of rotatable bonds is 7. The first-order valence-electron chi connectivity index (χ1n) is 8.55. The lowest BCUT2D eigenvalue weighted by Crippen LogP contribution is -2.48. The summed E-state index contributed by atoms with van der Waals surface area (Å²) in [4.78, 5) is 13.0. The van der Waals surface area contributed by atoms with Crippen molar-refractivity contribution in [2.75, 3.05) is 13.7 Å². The van der Waals surface area contributed by atoms with E-state index in [-0.39, 0.29) is 5.91 Å². The zero-order valence-electron chi connectivity index (χ0n) is 14.9. The molecule has 0 saturated heterocycles. The van der Waals surface area contributed by atoms with Gasteiger partial charge in [0.05, 0.1) is 0 Å². The molecule has 6 nitrogen and oxygen atoms in total. The second-order valence-electron chi connectivity index (χ2n) is 6.09. The zero-order chi connectivity index (χ0) is 18.6. The summed E-state index contributed by atoms with van der Waals surface area (Å²) in [6.07, 6.45) is 0.587. The van der Waals surface area contributed by atoms with Gasteiger partial charge in [-0.15, -0.1) is 5.10 Å². The first-order valence-corrected chi connectivity index (χ1v) is 9.49. The highest BCUT2D eigenvalue weighted by atomic mass is 32.1. The molecule has 1 amide bonds. The molecule has 0 bridgehead atoms. The Morgan fingerprint density at radius 1 is 1.38 bits per heavy atom. The van der Waals surface area contributed by atoms with Gasteiger partial charge in [-0.1, -0.05) is 30.3 Å². The van der Waals surface area contributed by atoms with E-state index in [1.54, 1.807) is 18.3 Å². The van der Waals surface area contributed by atoms with E-state index < -0.39 is 11.8 Å². The van der Waals surface area contributed by atoms with E-state index in [9.17, 15) is 4.79 Å². The summed E-state index contributed by atoms with van der Waals surface area (Å²) in [7, 11) is 1.51. The van der Waals surface area contributed by atoms with Crippen molar-refractivity contribution in [2.24, 2.45) is 10.8 Å². The summed E-state index contributed by atoms with van der Waals surface area (Å²) in [6, 6.07) is 11.6. The second-order valence-corrected chi connectivity index (χ2v) is 6.87. The molecule has 0 radical (unpaired) electrons. The molecular formula is C19H23N3O3S. The molecule has 138 valence electrons. The van der Waals surface area contributed by atoms with Gasteiger partial charge >= 0.3 is 0 Å². The van der Waals surface area contributed by atoms with Crippen molar-refractivity contribution in [3.63, 3.8) is 0 Å². The molecular weight excluding hydrogens is 350 g/mol. The number of nitrogens with two attached hydrogens (primary N) is 1. The summed E-state index contributed by atoms with van der Waals surface area (Å²) in [5, 5.41) is 9.88. The fraction of sp³-hybridized carbons (Fsp3) is 0.368. The topological polar surface area (TPSA) is 77.1 Å². The quantitative estimate of drug-likeness (QED) is 0.810. The lowest BCUT2D eigenvalue weighted by molar-refractivity contribution is -0.162. The summed E-state index contributed by atoms with van der Waals surface area (Å²) >= 11 is 1.55. The molecule has 0 spiro atoms. The Kier molecular flexibility index (Phi) is 5.70. The van der Waals surface area contributed by atoms with Crippen molar-refractivity contribution in [3.05, 3.63) is 58.3 Å². The van der Waals surface area contributed by atoms with Gasteiger partial charge < -0.3 is 15.2 Å². The second kappa shape index (κ2) is 7.99. The molecule has 1 unspecified atom stereocenters. The Bertz CT molecular complexity index is 764. The van der Waals surface area contributed by atoms with Gasteiger partial charge in [0.2, 0.25) is 11.6 Å². The summed E-state index contributed by atoms with van der Waals surface area (Å²) in [5.41, 5.74) is 6.45. The van der Waals surface area contributed by atoms with Gasteiger partial charge in [-0.25, -0.2) is 0 Å². The number of thiophene rings is 1. The van der Waals surface area contributed by atoms with E-state index in [1.807, 2.05) is 47.2 Å². The Labute approximate surface area is 157 Å². The number of carbonyl (C=O) groups excluding carboxylic acids is 1. The number of benzene rings is 1. The Balaban J connectivity index is 2.08. The number of amides is 1. The van der Waals surface area contributed by atoms with Gasteiger partial charge in [0, 0.05) is 30.0 Å². The summed E-state index contributed by atoms with van der Waals surface area (Å²) in [6.45, 7) is 2.20. The molecule has 2 aromatic rings. The highest BCUT2D eigenvalue weighted by Crippen LogP contribution is 2.41. The molecule has 1 aliphatic rings. The monoisotopic (exact) mass is 373 g/mol. The first kappa shape index (κ1) is 18.6. The van der Waals surface area contributed by atoms with Crippen LogP contribution in [0.2, 0.25) is 0 Å². The predicted octanol–water partition coefficient (Wildman–Crippen LogP) is 2.90. The van der Waals surface area contributed by atoms with Gasteiger partial charge in [0.25, 0.3) is 5.91 Å². The smallest absolute Gasteiger partial charge is 0.275 e. The van der Waals surface area contributed by atoms with Crippen molar-refractivity contribution >= 4 is 23.1 Å². The number of hydrazone groups is 1. The highest BCUT2D eigenvalue weighted by Gasteiger charge is 2.50. The summed E-state index contributed by atoms with van der Waals surface area (Å²) in [5.74, 6) is 0.183. The van der Waals surface area contributed by atoms with Gasteiger partial charge in [0.1, 0.15) is 6.10 Å². The van der Waals surface area contributed by atoms with E-state index in [0.717, 1.165) is 11.1 Å². The minimum Gasteiger partial charge on any atom is -0.443 e. The van der Waals surface area contributed by atoms with E-state index in [4.69, 9.17) is 15.2 Å². The molecule has 1 aromatic carbocycles. The Morgan fingerprint density at radius 2 is 2.15 bits per heavy atom. The minimum absolute atomic E-state index is 0.251. The van der Waals surface area contributed by atoms with Crippen LogP contribution in [0.5, 0.6) is 0 Å². The number of carbonyl (C=O) groups is 1. The molecule has 0 fully saturated rings. The SMILES string of the molecule is CO[C@@H](C)C(=O)N1N=C(c2ccsc2)OC1(CCCN)c1ccccc1. The molecule has 26 heavy (non-hydrogen) atoms. The van der Waals surface area contributed by atoms with Gasteiger partial charge in [-0.2, -0.15) is 16.3 Å². The van der Waals surface area contributed by atoms with E-state index in [0.29, 0.717) is 25.3 Å². The lowest BCUT2D eigenvalue weighted by Gasteiger charge is -2.36. The van der Waals surface area contributed by atoms with Crippen LogP contribution >= 0.6 is 11.3 Å². The van der Waals surface area contributed by atoms with Crippen molar-refractivity contribution in [3.8, 4) is 0 Å². The number of methoxy groups -OCH3 is 1. The summed E-state index contributed by atoms with van der Waals surface area (Å²) < 4.78 is 11.6. The van der Waals surface area contributed by atoms with Crippen LogP contribution < -0.4 is 5.73 Å². The van der Waals surface area contributed by atoms with Crippen LogP contribution in [0.15, 0.2) is 52.3 Å². The van der Waals surface area contributed by atoms with E-state index >= 15 is 0 Å². The maximum absolute atomic E-state index is 13.0. The fourth-order valence-corrected chi connectivity index (χ4v) is 3.55. The molecule has 7 heteroatoms. The molecule has 0 saturated carbocycles. The number of hydrogen-bond acceptors (Lipinski definition) is 6. The third kappa shape index (κ3) is 3.38. The van der Waals surface area contributed by atoms with Crippen LogP contribution in [0.25, 0.3) is 0 Å². The average molecular weight is 373 g/mol. The molecule has 2 atom stereocenters. The van der Waals surface area contributed by atoms with Crippen molar-refractivity contribution < 1.29 is 14.3 Å². The van der Waals surface area contributed by atoms with E-state index in [2.05, 4.69) is 5.10 Å². The third-order valence-electron chi connectivity index (χ3n) is 4.42. The molecule has 1 aromatic heterocycles. The highest BCUT2D eigenvalue weighted by molar-refractivity contribution is 7.08. The van der Waals surface area contributed by atoms with Crippen LogP contribution in [0.3, 0.4) is 0 Å². The lowest BCUT2D eigenvalue weighted by atomic mass is 9.96. The van der Waals surface area contributed by atoms with Crippen molar-refractivity contribution in [1.29, 1.82) is 0 Å². The van der Waals surface area contributed by atoms with Crippen LogP contribution in [0, 0.1) is 0 Å². The average Bonchev–Trinajstić information content (AvgIpc) is 3.34. The molecule has 3 rings (SSSR count).